The van der Waals surface area contributed by atoms with Crippen LogP contribution in [-0.4, -0.2) is 67.5 Å². The van der Waals surface area contributed by atoms with Gasteiger partial charge in [-0.25, -0.2) is 0 Å². The number of hydrogen-bond acceptors (Lipinski definition) is 12. The van der Waals surface area contributed by atoms with Crippen LogP contribution in [0.5, 0.6) is 46.0 Å². The van der Waals surface area contributed by atoms with Crippen molar-refractivity contribution in [3.8, 4) is 46.0 Å². The van der Waals surface area contributed by atoms with Crippen molar-refractivity contribution < 1.29 is 47.5 Å². The van der Waals surface area contributed by atoms with Crippen LogP contribution in [0.3, 0.4) is 0 Å². The molecular formula is C39H43N3O10. The van der Waals surface area contributed by atoms with Gasteiger partial charge >= 0.3 is 0 Å². The summed E-state index contributed by atoms with van der Waals surface area (Å²) in [6.45, 7) is 2.65. The number of anilines is 1. The van der Waals surface area contributed by atoms with E-state index in [1.54, 1.807) is 42.7 Å². The lowest BCUT2D eigenvalue weighted by Gasteiger charge is -2.28. The van der Waals surface area contributed by atoms with Crippen molar-refractivity contribution in [2.45, 2.75) is 32.0 Å². The number of carbonyl (C=O) groups is 1. The first-order chi connectivity index (χ1) is 25.3. The lowest BCUT2D eigenvalue weighted by atomic mass is 9.99. The summed E-state index contributed by atoms with van der Waals surface area (Å²) in [5, 5.41) is 10.8. The summed E-state index contributed by atoms with van der Waals surface area (Å²) < 4.78 is 45.7. The van der Waals surface area contributed by atoms with Gasteiger partial charge in [-0.05, 0) is 61.0 Å². The normalized spacial score (nSPS) is 16.0. The van der Waals surface area contributed by atoms with Crippen molar-refractivity contribution >= 4 is 17.3 Å². The largest absolute Gasteiger partial charge is 0.493 e. The number of rotatable bonds is 15. The zero-order valence-corrected chi connectivity index (χ0v) is 30.3. The number of nitrogens with zero attached hydrogens (tertiary/aromatic N) is 1. The second-order valence-electron chi connectivity index (χ2n) is 12.1. The van der Waals surface area contributed by atoms with Crippen molar-refractivity contribution in [3.05, 3.63) is 88.5 Å². The van der Waals surface area contributed by atoms with Gasteiger partial charge in [-0.3, -0.25) is 4.79 Å². The SMILES string of the molecule is COc1cc(C2NC(=O)c3cc(C)ccc3N2)ccc1OCCCOc1c(OC)cc(C2CC(c3cc(OC)c(OC)c(OC)c3)=NO2)cc1OC. The van der Waals surface area contributed by atoms with E-state index in [9.17, 15) is 4.79 Å². The average molecular weight is 714 g/mol. The molecule has 0 fully saturated rings. The molecular weight excluding hydrogens is 670 g/mol. The number of fused-ring (bicyclic) bond motifs is 1. The fourth-order valence-electron chi connectivity index (χ4n) is 6.14. The highest BCUT2D eigenvalue weighted by Crippen LogP contribution is 2.44. The molecule has 6 rings (SSSR count). The van der Waals surface area contributed by atoms with Gasteiger partial charge < -0.3 is 53.4 Å². The Balaban J connectivity index is 1.06. The highest BCUT2D eigenvalue weighted by Gasteiger charge is 2.29. The Hall–Kier alpha value is -5.98. The topological polar surface area (TPSA) is 137 Å². The second-order valence-corrected chi connectivity index (χ2v) is 12.1. The van der Waals surface area contributed by atoms with Gasteiger partial charge in [0, 0.05) is 29.7 Å². The van der Waals surface area contributed by atoms with E-state index in [0.29, 0.717) is 77.6 Å². The number of benzene rings is 4. The molecule has 0 spiro atoms. The fraction of sp³-hybridized carbons (Fsp3) is 0.333. The molecule has 2 aliphatic rings. The smallest absolute Gasteiger partial charge is 0.255 e. The van der Waals surface area contributed by atoms with Gasteiger partial charge in [0.1, 0.15) is 6.17 Å². The monoisotopic (exact) mass is 713 g/mol. The molecule has 4 aromatic rings. The number of carbonyl (C=O) groups excluding carboxylic acids is 1. The van der Waals surface area contributed by atoms with E-state index in [-0.39, 0.29) is 12.0 Å². The van der Waals surface area contributed by atoms with E-state index >= 15 is 0 Å². The van der Waals surface area contributed by atoms with E-state index in [4.69, 9.17) is 42.7 Å². The lowest BCUT2D eigenvalue weighted by Crippen LogP contribution is -2.38. The number of aryl methyl sites for hydroxylation is 1. The maximum atomic E-state index is 12.8. The zero-order valence-electron chi connectivity index (χ0n) is 30.3. The molecule has 52 heavy (non-hydrogen) atoms. The molecule has 4 aromatic carbocycles. The molecule has 2 N–H and O–H groups in total. The summed E-state index contributed by atoms with van der Waals surface area (Å²) in [4.78, 5) is 18.6. The van der Waals surface area contributed by atoms with E-state index in [0.717, 1.165) is 33.7 Å². The van der Waals surface area contributed by atoms with Crippen molar-refractivity contribution in [1.82, 2.24) is 5.32 Å². The minimum absolute atomic E-state index is 0.132. The summed E-state index contributed by atoms with van der Waals surface area (Å²) in [5.74, 6) is 4.02. The molecule has 0 saturated carbocycles. The van der Waals surface area contributed by atoms with Gasteiger partial charge in [-0.15, -0.1) is 0 Å². The van der Waals surface area contributed by atoms with Crippen LogP contribution in [0.4, 0.5) is 5.69 Å². The van der Waals surface area contributed by atoms with E-state index in [1.807, 2.05) is 67.6 Å². The summed E-state index contributed by atoms with van der Waals surface area (Å²) in [5.41, 5.74) is 5.60. The van der Waals surface area contributed by atoms with Gasteiger partial charge in [-0.2, -0.15) is 0 Å². The molecule has 13 nitrogen and oxygen atoms in total. The molecule has 0 aromatic heterocycles. The van der Waals surface area contributed by atoms with Crippen LogP contribution in [0.1, 0.15) is 57.7 Å². The van der Waals surface area contributed by atoms with Gasteiger partial charge in [-0.1, -0.05) is 22.9 Å². The van der Waals surface area contributed by atoms with Crippen LogP contribution in [0, 0.1) is 6.92 Å². The first kappa shape index (κ1) is 35.8. The fourth-order valence-corrected chi connectivity index (χ4v) is 6.14. The van der Waals surface area contributed by atoms with E-state index in [1.165, 1.54) is 0 Å². The molecule has 1 amide bonds. The molecule has 13 heteroatoms. The predicted octanol–water partition coefficient (Wildman–Crippen LogP) is 6.61. The van der Waals surface area contributed by atoms with Crippen LogP contribution in [-0.2, 0) is 4.84 Å². The Morgan fingerprint density at radius 1 is 0.673 bits per heavy atom. The Morgan fingerprint density at radius 2 is 1.31 bits per heavy atom. The van der Waals surface area contributed by atoms with Crippen LogP contribution < -0.4 is 48.5 Å². The molecule has 2 aliphatic heterocycles. The summed E-state index contributed by atoms with van der Waals surface area (Å²) >= 11 is 0. The molecule has 2 heterocycles. The van der Waals surface area contributed by atoms with Gasteiger partial charge in [0.05, 0.1) is 67.1 Å². The molecule has 0 aliphatic carbocycles. The highest BCUT2D eigenvalue weighted by atomic mass is 16.6. The average Bonchev–Trinajstić information content (AvgIpc) is 3.67. The number of amides is 1. The summed E-state index contributed by atoms with van der Waals surface area (Å²) in [6, 6.07) is 18.8. The van der Waals surface area contributed by atoms with Gasteiger partial charge in [0.2, 0.25) is 11.5 Å². The maximum absolute atomic E-state index is 12.8. The van der Waals surface area contributed by atoms with Crippen LogP contribution in [0.25, 0.3) is 0 Å². The number of nitrogens with one attached hydrogen (secondary N) is 2. The molecule has 2 atom stereocenters. The minimum Gasteiger partial charge on any atom is -0.493 e. The third kappa shape index (κ3) is 7.39. The maximum Gasteiger partial charge on any atom is 0.255 e. The highest BCUT2D eigenvalue weighted by molar-refractivity contribution is 6.03. The number of oxime groups is 1. The van der Waals surface area contributed by atoms with Crippen LogP contribution in [0.15, 0.2) is 65.8 Å². The quantitative estimate of drug-likeness (QED) is 0.129. The second kappa shape index (κ2) is 15.9. The Bertz CT molecular complexity index is 1910. The molecule has 0 radical (unpaired) electrons. The van der Waals surface area contributed by atoms with E-state index in [2.05, 4.69) is 15.8 Å². The first-order valence-electron chi connectivity index (χ1n) is 16.7. The van der Waals surface area contributed by atoms with Crippen molar-refractivity contribution in [3.63, 3.8) is 0 Å². The van der Waals surface area contributed by atoms with Crippen LogP contribution >= 0.6 is 0 Å². The number of methoxy groups -OCH3 is 6. The third-order valence-corrected chi connectivity index (χ3v) is 8.83. The summed E-state index contributed by atoms with van der Waals surface area (Å²) in [6.07, 6.45) is 0.261. The number of hydrogen-bond donors (Lipinski definition) is 2. The van der Waals surface area contributed by atoms with E-state index < -0.39 is 6.17 Å². The first-order valence-corrected chi connectivity index (χ1v) is 16.7. The van der Waals surface area contributed by atoms with Crippen molar-refractivity contribution in [2.24, 2.45) is 5.16 Å². The lowest BCUT2D eigenvalue weighted by molar-refractivity contribution is 0.0852. The Morgan fingerprint density at radius 3 is 1.96 bits per heavy atom. The van der Waals surface area contributed by atoms with Crippen LogP contribution in [0.2, 0.25) is 0 Å². The Labute approximate surface area is 302 Å². The molecule has 0 bridgehead atoms. The number of ether oxygens (including phenoxy) is 8. The predicted molar refractivity (Wildman–Crippen MR) is 194 cm³/mol. The molecule has 0 saturated heterocycles. The standard InChI is InChI=1S/C39H43N3O10/c1-22-9-11-27-26(15-22)39(43)41-38(40-27)23-10-12-29(31(16-23)44-2)50-13-8-14-51-37-34(47-5)19-25(20-35(37)48-6)30-21-28(42-52-30)24-17-32(45-3)36(49-7)33(18-24)46-4/h9-12,15-20,30,38,40H,8,13-14,21H2,1-7H3,(H,41,43). The Kier molecular flexibility index (Phi) is 11.0. The molecule has 274 valence electrons. The molecule has 2 unspecified atom stereocenters. The minimum atomic E-state index is -0.410. The summed E-state index contributed by atoms with van der Waals surface area (Å²) in [7, 11) is 9.43. The van der Waals surface area contributed by atoms with Gasteiger partial charge in [0.25, 0.3) is 5.91 Å². The van der Waals surface area contributed by atoms with Crippen molar-refractivity contribution in [1.29, 1.82) is 0 Å². The van der Waals surface area contributed by atoms with Crippen molar-refractivity contribution in [2.75, 3.05) is 61.2 Å². The third-order valence-electron chi connectivity index (χ3n) is 8.83. The van der Waals surface area contributed by atoms with Gasteiger partial charge in [0.15, 0.2) is 40.6 Å². The zero-order chi connectivity index (χ0) is 36.8.